The Bertz CT molecular complexity index is 799. The number of carbonyl (C=O) groups excluding carboxylic acids is 3. The molecule has 2 N–H and O–H groups in total. The normalized spacial score (nSPS) is 14.2. The highest BCUT2D eigenvalue weighted by Crippen LogP contribution is 2.25. The molecular weight excluding hydrogens is 430 g/mol. The molecule has 34 heavy (non-hydrogen) atoms. The van der Waals surface area contributed by atoms with Gasteiger partial charge in [-0.05, 0) is 58.9 Å². The third kappa shape index (κ3) is 9.35. The summed E-state index contributed by atoms with van der Waals surface area (Å²) < 4.78 is 5.39. The maximum absolute atomic E-state index is 13.8. The SMILES string of the molecule is CCCC(C)NC(=O)C(c1ccc(C)cc1)N(CCC)C(=O)C(NC(=O)OC(C)(C)C)C(C)C. The third-order valence-electron chi connectivity index (χ3n) is 5.42. The first-order valence-corrected chi connectivity index (χ1v) is 12.5. The number of alkyl carbamates (subject to hydrolysis) is 1. The predicted molar refractivity (Wildman–Crippen MR) is 136 cm³/mol. The maximum Gasteiger partial charge on any atom is 0.408 e. The molecule has 0 aromatic heterocycles. The van der Waals surface area contributed by atoms with E-state index in [1.165, 1.54) is 0 Å². The Hall–Kier alpha value is -2.57. The highest BCUT2D eigenvalue weighted by molar-refractivity contribution is 5.92. The molecule has 0 spiro atoms. The van der Waals surface area contributed by atoms with Gasteiger partial charge in [-0.15, -0.1) is 0 Å². The van der Waals surface area contributed by atoms with Crippen LogP contribution in [0.1, 0.15) is 91.8 Å². The van der Waals surface area contributed by atoms with Crippen LogP contribution in [0.25, 0.3) is 0 Å². The standard InChI is InChI=1S/C27H45N3O4/c1-10-12-20(6)28-24(31)23(21-15-13-19(5)14-16-21)30(17-11-2)25(32)22(18(3)4)29-26(33)34-27(7,8)9/h13-16,18,20,22-23H,10-12,17H2,1-9H3,(H,28,31)(H,29,33). The summed E-state index contributed by atoms with van der Waals surface area (Å²) in [5.74, 6) is -0.710. The van der Waals surface area contributed by atoms with Gasteiger partial charge in [0.25, 0.3) is 0 Å². The van der Waals surface area contributed by atoms with Crippen molar-refractivity contribution in [1.82, 2.24) is 15.5 Å². The number of hydrogen-bond donors (Lipinski definition) is 2. The van der Waals surface area contributed by atoms with E-state index in [0.717, 1.165) is 24.0 Å². The second-order valence-electron chi connectivity index (χ2n) is 10.4. The number of nitrogens with one attached hydrogen (secondary N) is 2. The van der Waals surface area contributed by atoms with Gasteiger partial charge in [0, 0.05) is 12.6 Å². The first-order chi connectivity index (χ1) is 15.8. The Morgan fingerprint density at radius 2 is 1.56 bits per heavy atom. The first kappa shape index (κ1) is 29.5. The van der Waals surface area contributed by atoms with E-state index in [1.54, 1.807) is 25.7 Å². The molecule has 7 nitrogen and oxygen atoms in total. The molecule has 0 radical (unpaired) electrons. The average molecular weight is 476 g/mol. The Labute approximate surface area is 206 Å². The van der Waals surface area contributed by atoms with Gasteiger partial charge in [-0.3, -0.25) is 9.59 Å². The summed E-state index contributed by atoms with van der Waals surface area (Å²) in [5, 5.41) is 5.83. The Balaban J connectivity index is 3.37. The number of rotatable bonds is 11. The van der Waals surface area contributed by atoms with Crippen LogP contribution in [0.4, 0.5) is 4.79 Å². The summed E-state index contributed by atoms with van der Waals surface area (Å²) in [7, 11) is 0. The molecule has 0 aliphatic heterocycles. The minimum atomic E-state index is -0.824. The molecule has 0 saturated carbocycles. The minimum Gasteiger partial charge on any atom is -0.444 e. The minimum absolute atomic E-state index is 0.00943. The second kappa shape index (κ2) is 13.4. The molecule has 3 unspecified atom stereocenters. The topological polar surface area (TPSA) is 87.7 Å². The summed E-state index contributed by atoms with van der Waals surface area (Å²) in [6.07, 6.45) is 1.82. The Morgan fingerprint density at radius 3 is 2.03 bits per heavy atom. The van der Waals surface area contributed by atoms with Crippen molar-refractivity contribution in [1.29, 1.82) is 0 Å². The third-order valence-corrected chi connectivity index (χ3v) is 5.42. The van der Waals surface area contributed by atoms with Gasteiger partial charge < -0.3 is 20.3 Å². The molecule has 192 valence electrons. The number of nitrogens with zero attached hydrogens (tertiary/aromatic N) is 1. The van der Waals surface area contributed by atoms with E-state index in [1.807, 2.05) is 58.9 Å². The molecule has 0 aliphatic rings. The van der Waals surface area contributed by atoms with Crippen LogP contribution >= 0.6 is 0 Å². The number of benzene rings is 1. The fourth-order valence-electron chi connectivity index (χ4n) is 3.78. The molecule has 1 rings (SSSR count). The zero-order valence-corrected chi connectivity index (χ0v) is 22.5. The molecule has 0 fully saturated rings. The van der Waals surface area contributed by atoms with E-state index in [2.05, 4.69) is 17.6 Å². The average Bonchev–Trinajstić information content (AvgIpc) is 2.71. The molecule has 1 aromatic carbocycles. The van der Waals surface area contributed by atoms with Crippen LogP contribution in [-0.4, -0.2) is 47.0 Å². The molecular formula is C27H45N3O4. The van der Waals surface area contributed by atoms with E-state index in [-0.39, 0.29) is 23.8 Å². The van der Waals surface area contributed by atoms with Crippen molar-refractivity contribution in [2.24, 2.45) is 5.92 Å². The number of hydrogen-bond acceptors (Lipinski definition) is 4. The maximum atomic E-state index is 13.8. The number of carbonyl (C=O) groups is 3. The summed E-state index contributed by atoms with van der Waals surface area (Å²) in [6.45, 7) is 17.4. The fourth-order valence-corrected chi connectivity index (χ4v) is 3.78. The highest BCUT2D eigenvalue weighted by Gasteiger charge is 2.37. The van der Waals surface area contributed by atoms with Crippen molar-refractivity contribution in [3.8, 4) is 0 Å². The van der Waals surface area contributed by atoms with E-state index < -0.39 is 23.8 Å². The summed E-state index contributed by atoms with van der Waals surface area (Å²) >= 11 is 0. The predicted octanol–water partition coefficient (Wildman–Crippen LogP) is 5.13. The van der Waals surface area contributed by atoms with Crippen molar-refractivity contribution in [2.75, 3.05) is 6.54 Å². The lowest BCUT2D eigenvalue weighted by atomic mass is 9.97. The van der Waals surface area contributed by atoms with Gasteiger partial charge >= 0.3 is 6.09 Å². The molecule has 3 atom stereocenters. The van der Waals surface area contributed by atoms with Crippen molar-refractivity contribution < 1.29 is 19.1 Å². The van der Waals surface area contributed by atoms with Crippen LogP contribution in [0.2, 0.25) is 0 Å². The summed E-state index contributed by atoms with van der Waals surface area (Å²) in [4.78, 5) is 41.5. The van der Waals surface area contributed by atoms with Crippen LogP contribution in [0, 0.1) is 12.8 Å². The summed E-state index contributed by atoms with van der Waals surface area (Å²) in [6, 6.07) is 6.04. The quantitative estimate of drug-likeness (QED) is 0.464. The van der Waals surface area contributed by atoms with Crippen LogP contribution in [-0.2, 0) is 14.3 Å². The smallest absolute Gasteiger partial charge is 0.408 e. The van der Waals surface area contributed by atoms with Gasteiger partial charge in [0.1, 0.15) is 17.7 Å². The monoisotopic (exact) mass is 475 g/mol. The van der Waals surface area contributed by atoms with Crippen LogP contribution < -0.4 is 10.6 Å². The van der Waals surface area contributed by atoms with E-state index >= 15 is 0 Å². The van der Waals surface area contributed by atoms with Gasteiger partial charge in [-0.2, -0.15) is 0 Å². The van der Waals surface area contributed by atoms with E-state index in [0.29, 0.717) is 13.0 Å². The molecule has 0 aliphatic carbocycles. The zero-order valence-electron chi connectivity index (χ0n) is 22.5. The molecule has 3 amide bonds. The number of aryl methyl sites for hydroxylation is 1. The lowest BCUT2D eigenvalue weighted by Gasteiger charge is -2.36. The van der Waals surface area contributed by atoms with Gasteiger partial charge in [-0.25, -0.2) is 4.79 Å². The van der Waals surface area contributed by atoms with Crippen molar-refractivity contribution in [2.45, 2.75) is 105 Å². The first-order valence-electron chi connectivity index (χ1n) is 12.5. The fraction of sp³-hybridized carbons (Fsp3) is 0.667. The van der Waals surface area contributed by atoms with Crippen LogP contribution in [0.3, 0.4) is 0 Å². The van der Waals surface area contributed by atoms with Crippen LogP contribution in [0.15, 0.2) is 24.3 Å². The van der Waals surface area contributed by atoms with Gasteiger partial charge in [0.2, 0.25) is 11.8 Å². The lowest BCUT2D eigenvalue weighted by molar-refractivity contribution is -0.143. The van der Waals surface area contributed by atoms with E-state index in [4.69, 9.17) is 4.74 Å². The van der Waals surface area contributed by atoms with Gasteiger partial charge in [-0.1, -0.05) is 63.9 Å². The molecule has 0 saturated heterocycles. The summed E-state index contributed by atoms with van der Waals surface area (Å²) in [5.41, 5.74) is 1.13. The number of ether oxygens (including phenoxy) is 1. The largest absolute Gasteiger partial charge is 0.444 e. The number of amides is 3. The Kier molecular flexibility index (Phi) is 11.6. The molecule has 0 heterocycles. The van der Waals surface area contributed by atoms with Crippen molar-refractivity contribution in [3.63, 3.8) is 0 Å². The lowest BCUT2D eigenvalue weighted by Crippen LogP contribution is -2.55. The van der Waals surface area contributed by atoms with Gasteiger partial charge in [0.05, 0.1) is 0 Å². The van der Waals surface area contributed by atoms with Crippen molar-refractivity contribution in [3.05, 3.63) is 35.4 Å². The zero-order chi connectivity index (χ0) is 26.1. The second-order valence-corrected chi connectivity index (χ2v) is 10.4. The van der Waals surface area contributed by atoms with Crippen molar-refractivity contribution >= 4 is 17.9 Å². The van der Waals surface area contributed by atoms with Gasteiger partial charge in [0.15, 0.2) is 0 Å². The van der Waals surface area contributed by atoms with E-state index in [9.17, 15) is 14.4 Å². The van der Waals surface area contributed by atoms with Crippen LogP contribution in [0.5, 0.6) is 0 Å². The molecule has 7 heteroatoms. The molecule has 0 bridgehead atoms. The molecule has 1 aromatic rings. The Morgan fingerprint density at radius 1 is 0.971 bits per heavy atom. The highest BCUT2D eigenvalue weighted by atomic mass is 16.6.